The maximum absolute atomic E-state index is 4.38. The Kier molecular flexibility index (Phi) is 3.60. The topological polar surface area (TPSA) is 73.8 Å². The number of nitrogens with zero attached hydrogens (tertiary/aromatic N) is 6. The summed E-state index contributed by atoms with van der Waals surface area (Å²) in [5, 5.41) is 7.06. The van der Waals surface area contributed by atoms with Crippen molar-refractivity contribution in [1.82, 2.24) is 30.0 Å². The Hall–Kier alpha value is -2.02. The van der Waals surface area contributed by atoms with E-state index in [0.29, 0.717) is 0 Å². The molecule has 1 N–H and O–H groups in total. The van der Waals surface area contributed by atoms with Crippen molar-refractivity contribution in [2.75, 3.05) is 31.1 Å². The standard InChI is InChI=1S/C13H19N7/c1-10-7-14-13(15-8-10)20-5-3-19(4-6-20)9-12-16-11(2)17-18-12/h7-8H,3-6,9H2,1-2H3,(H,16,17,18). The summed E-state index contributed by atoms with van der Waals surface area (Å²) in [7, 11) is 0. The van der Waals surface area contributed by atoms with Gasteiger partial charge in [0.2, 0.25) is 5.95 Å². The van der Waals surface area contributed by atoms with Crippen molar-refractivity contribution in [3.05, 3.63) is 29.6 Å². The molecule has 0 aliphatic carbocycles. The van der Waals surface area contributed by atoms with Crippen LogP contribution in [0.1, 0.15) is 17.2 Å². The van der Waals surface area contributed by atoms with Crippen molar-refractivity contribution in [3.63, 3.8) is 0 Å². The molecule has 2 aromatic rings. The number of nitrogens with one attached hydrogen (secondary N) is 1. The van der Waals surface area contributed by atoms with Crippen LogP contribution in [0.5, 0.6) is 0 Å². The summed E-state index contributed by atoms with van der Waals surface area (Å²) in [6.07, 6.45) is 3.73. The van der Waals surface area contributed by atoms with E-state index < -0.39 is 0 Å². The Morgan fingerprint density at radius 1 is 1.10 bits per heavy atom. The first-order valence-electron chi connectivity index (χ1n) is 6.84. The first kappa shape index (κ1) is 13.0. The predicted molar refractivity (Wildman–Crippen MR) is 75.4 cm³/mol. The number of hydrogen-bond acceptors (Lipinski definition) is 6. The minimum absolute atomic E-state index is 0.799. The number of aromatic amines is 1. The van der Waals surface area contributed by atoms with Gasteiger partial charge in [0.1, 0.15) is 5.82 Å². The summed E-state index contributed by atoms with van der Waals surface area (Å²) in [6.45, 7) is 8.55. The lowest BCUT2D eigenvalue weighted by Gasteiger charge is -2.34. The highest BCUT2D eigenvalue weighted by Crippen LogP contribution is 2.11. The quantitative estimate of drug-likeness (QED) is 0.879. The van der Waals surface area contributed by atoms with E-state index in [0.717, 1.165) is 55.9 Å². The van der Waals surface area contributed by atoms with Gasteiger partial charge in [0.25, 0.3) is 0 Å². The lowest BCUT2D eigenvalue weighted by Crippen LogP contribution is -2.46. The van der Waals surface area contributed by atoms with Crippen LogP contribution in [0.2, 0.25) is 0 Å². The minimum atomic E-state index is 0.799. The van der Waals surface area contributed by atoms with Crippen LogP contribution in [0.15, 0.2) is 12.4 Å². The summed E-state index contributed by atoms with van der Waals surface area (Å²) in [5.74, 6) is 2.55. The molecule has 0 radical (unpaired) electrons. The van der Waals surface area contributed by atoms with Crippen LogP contribution < -0.4 is 4.90 Å². The number of hydrogen-bond donors (Lipinski definition) is 1. The highest BCUT2D eigenvalue weighted by molar-refractivity contribution is 5.30. The molecule has 2 aromatic heterocycles. The van der Waals surface area contributed by atoms with E-state index >= 15 is 0 Å². The molecule has 20 heavy (non-hydrogen) atoms. The molecule has 1 saturated heterocycles. The van der Waals surface area contributed by atoms with Gasteiger partial charge in [0.15, 0.2) is 5.82 Å². The average Bonchev–Trinajstić information content (AvgIpc) is 2.86. The third-order valence-corrected chi connectivity index (χ3v) is 3.43. The number of H-pyrrole nitrogens is 1. The molecule has 1 aliphatic heterocycles. The fraction of sp³-hybridized carbons (Fsp3) is 0.538. The molecule has 3 heterocycles. The van der Waals surface area contributed by atoms with Crippen LogP contribution in [0.4, 0.5) is 5.95 Å². The molecule has 0 atom stereocenters. The number of aryl methyl sites for hydroxylation is 2. The lowest BCUT2D eigenvalue weighted by atomic mass is 10.3. The molecule has 0 bridgehead atoms. The Balaban J connectivity index is 1.55. The zero-order valence-corrected chi connectivity index (χ0v) is 11.9. The van der Waals surface area contributed by atoms with Gasteiger partial charge in [-0.25, -0.2) is 15.0 Å². The highest BCUT2D eigenvalue weighted by Gasteiger charge is 2.19. The van der Waals surface area contributed by atoms with E-state index in [4.69, 9.17) is 0 Å². The van der Waals surface area contributed by atoms with Crippen LogP contribution >= 0.6 is 0 Å². The Morgan fingerprint density at radius 2 is 1.80 bits per heavy atom. The zero-order chi connectivity index (χ0) is 13.9. The van der Waals surface area contributed by atoms with Crippen LogP contribution in [0, 0.1) is 13.8 Å². The van der Waals surface area contributed by atoms with Gasteiger partial charge in [-0.1, -0.05) is 0 Å². The molecule has 1 fully saturated rings. The lowest BCUT2D eigenvalue weighted by molar-refractivity contribution is 0.243. The number of piperazine rings is 1. The Morgan fingerprint density at radius 3 is 2.40 bits per heavy atom. The maximum Gasteiger partial charge on any atom is 0.225 e. The Bertz CT molecular complexity index is 554. The normalized spacial score (nSPS) is 16.6. The SMILES string of the molecule is Cc1cnc(N2CCN(Cc3n[nH]c(C)n3)CC2)nc1. The van der Waals surface area contributed by atoms with Gasteiger partial charge >= 0.3 is 0 Å². The summed E-state index contributed by atoms with van der Waals surface area (Å²) in [4.78, 5) is 17.7. The second-order valence-electron chi connectivity index (χ2n) is 5.16. The summed E-state index contributed by atoms with van der Waals surface area (Å²) in [6, 6.07) is 0. The van der Waals surface area contributed by atoms with Crippen molar-refractivity contribution in [3.8, 4) is 0 Å². The molecule has 0 saturated carbocycles. The van der Waals surface area contributed by atoms with Crippen molar-refractivity contribution in [1.29, 1.82) is 0 Å². The van der Waals surface area contributed by atoms with Crippen LogP contribution in [0.25, 0.3) is 0 Å². The summed E-state index contributed by atoms with van der Waals surface area (Å²) < 4.78 is 0. The van der Waals surface area contributed by atoms with Crippen LogP contribution in [-0.4, -0.2) is 56.2 Å². The molecular formula is C13H19N7. The van der Waals surface area contributed by atoms with Crippen molar-refractivity contribution in [2.24, 2.45) is 0 Å². The van der Waals surface area contributed by atoms with Crippen molar-refractivity contribution >= 4 is 5.95 Å². The first-order chi connectivity index (χ1) is 9.70. The van der Waals surface area contributed by atoms with Crippen molar-refractivity contribution < 1.29 is 0 Å². The molecule has 106 valence electrons. The second-order valence-corrected chi connectivity index (χ2v) is 5.16. The third-order valence-electron chi connectivity index (χ3n) is 3.43. The second kappa shape index (κ2) is 5.54. The van der Waals surface area contributed by atoms with Gasteiger partial charge in [-0.05, 0) is 19.4 Å². The van der Waals surface area contributed by atoms with E-state index in [-0.39, 0.29) is 0 Å². The molecule has 0 amide bonds. The van der Waals surface area contributed by atoms with E-state index in [1.807, 2.05) is 26.2 Å². The minimum Gasteiger partial charge on any atom is -0.338 e. The van der Waals surface area contributed by atoms with E-state index in [1.165, 1.54) is 0 Å². The summed E-state index contributed by atoms with van der Waals surface area (Å²) >= 11 is 0. The molecule has 0 aromatic carbocycles. The number of aromatic nitrogens is 5. The zero-order valence-electron chi connectivity index (χ0n) is 11.9. The van der Waals surface area contributed by atoms with Crippen LogP contribution in [0.3, 0.4) is 0 Å². The summed E-state index contributed by atoms with van der Waals surface area (Å²) in [5.41, 5.74) is 1.09. The van der Waals surface area contributed by atoms with E-state index in [9.17, 15) is 0 Å². The largest absolute Gasteiger partial charge is 0.338 e. The van der Waals surface area contributed by atoms with E-state index in [2.05, 4.69) is 34.9 Å². The number of rotatable bonds is 3. The number of anilines is 1. The maximum atomic E-state index is 4.38. The van der Waals surface area contributed by atoms with Gasteiger partial charge in [0, 0.05) is 38.6 Å². The fourth-order valence-electron chi connectivity index (χ4n) is 2.31. The molecule has 1 aliphatic rings. The average molecular weight is 273 g/mol. The molecule has 0 spiro atoms. The highest BCUT2D eigenvalue weighted by atomic mass is 15.3. The van der Waals surface area contributed by atoms with E-state index in [1.54, 1.807) is 0 Å². The molecule has 7 heteroatoms. The van der Waals surface area contributed by atoms with Gasteiger partial charge in [-0.2, -0.15) is 5.10 Å². The van der Waals surface area contributed by atoms with Gasteiger partial charge in [0.05, 0.1) is 6.54 Å². The monoisotopic (exact) mass is 273 g/mol. The first-order valence-corrected chi connectivity index (χ1v) is 6.84. The molecule has 0 unspecified atom stereocenters. The van der Waals surface area contributed by atoms with Crippen LogP contribution in [-0.2, 0) is 6.54 Å². The fourth-order valence-corrected chi connectivity index (χ4v) is 2.31. The predicted octanol–water partition coefficient (Wildman–Crippen LogP) is 0.534. The molecular weight excluding hydrogens is 254 g/mol. The van der Waals surface area contributed by atoms with Gasteiger partial charge < -0.3 is 4.90 Å². The van der Waals surface area contributed by atoms with Gasteiger partial charge in [-0.3, -0.25) is 10.00 Å². The van der Waals surface area contributed by atoms with Crippen molar-refractivity contribution in [2.45, 2.75) is 20.4 Å². The Labute approximate surface area is 118 Å². The van der Waals surface area contributed by atoms with Gasteiger partial charge in [-0.15, -0.1) is 0 Å². The molecule has 7 nitrogen and oxygen atoms in total. The smallest absolute Gasteiger partial charge is 0.225 e. The molecule has 3 rings (SSSR count). The third kappa shape index (κ3) is 2.93.